The standard InChI is InChI=1S/C23H30N2O3S/c1-18-11-13-21(14-12-18)25-29(27,28)22-10-6-9-20(17-22)23(26)24-16-15-19-7-4-2-3-5-8-19/h6,9-14,17,19,25H,2-5,7-8,15-16H2,1H3,(H,24,26). The van der Waals surface area contributed by atoms with Crippen molar-refractivity contribution in [2.45, 2.75) is 56.8 Å². The molecule has 1 aliphatic carbocycles. The van der Waals surface area contributed by atoms with Crippen LogP contribution in [0.5, 0.6) is 0 Å². The third-order valence-corrected chi connectivity index (χ3v) is 6.90. The Hall–Kier alpha value is -2.34. The molecule has 0 heterocycles. The summed E-state index contributed by atoms with van der Waals surface area (Å²) in [7, 11) is -3.75. The van der Waals surface area contributed by atoms with Crippen LogP contribution in [0.4, 0.5) is 5.69 Å². The van der Waals surface area contributed by atoms with E-state index in [4.69, 9.17) is 0 Å². The Balaban J connectivity index is 1.60. The van der Waals surface area contributed by atoms with Gasteiger partial charge in [0.15, 0.2) is 0 Å². The van der Waals surface area contributed by atoms with Crippen LogP contribution in [-0.4, -0.2) is 20.9 Å². The van der Waals surface area contributed by atoms with Gasteiger partial charge in [0.25, 0.3) is 15.9 Å². The minimum Gasteiger partial charge on any atom is -0.352 e. The number of anilines is 1. The van der Waals surface area contributed by atoms with Gasteiger partial charge in [-0.05, 0) is 49.6 Å². The van der Waals surface area contributed by atoms with Gasteiger partial charge in [-0.3, -0.25) is 9.52 Å². The summed E-state index contributed by atoms with van der Waals surface area (Å²) in [5.41, 5.74) is 1.90. The zero-order valence-electron chi connectivity index (χ0n) is 17.0. The quantitative estimate of drug-likeness (QED) is 0.634. The fourth-order valence-electron chi connectivity index (χ4n) is 3.78. The molecule has 0 unspecified atom stereocenters. The summed E-state index contributed by atoms with van der Waals surface area (Å²) < 4.78 is 27.9. The van der Waals surface area contributed by atoms with E-state index in [2.05, 4.69) is 10.0 Å². The summed E-state index contributed by atoms with van der Waals surface area (Å²) in [6.07, 6.45) is 8.68. The fraction of sp³-hybridized carbons (Fsp3) is 0.435. The van der Waals surface area contributed by atoms with Crippen molar-refractivity contribution in [3.63, 3.8) is 0 Å². The minimum atomic E-state index is -3.75. The SMILES string of the molecule is Cc1ccc(NS(=O)(=O)c2cccc(C(=O)NCCC3CCCCCC3)c2)cc1. The molecule has 2 aromatic carbocycles. The Bertz CT molecular complexity index is 915. The molecule has 0 aromatic heterocycles. The Labute approximate surface area is 174 Å². The largest absolute Gasteiger partial charge is 0.352 e. The molecule has 29 heavy (non-hydrogen) atoms. The summed E-state index contributed by atoms with van der Waals surface area (Å²) >= 11 is 0. The molecule has 0 saturated heterocycles. The van der Waals surface area contributed by atoms with Gasteiger partial charge >= 0.3 is 0 Å². The summed E-state index contributed by atoms with van der Waals surface area (Å²) in [5, 5.41) is 2.95. The summed E-state index contributed by atoms with van der Waals surface area (Å²) in [4.78, 5) is 12.6. The van der Waals surface area contributed by atoms with Crippen molar-refractivity contribution in [3.8, 4) is 0 Å². The number of rotatable bonds is 7. The molecule has 2 aromatic rings. The Morgan fingerprint density at radius 2 is 1.69 bits per heavy atom. The van der Waals surface area contributed by atoms with Gasteiger partial charge in [-0.2, -0.15) is 0 Å². The highest BCUT2D eigenvalue weighted by atomic mass is 32.2. The highest BCUT2D eigenvalue weighted by Gasteiger charge is 2.17. The topological polar surface area (TPSA) is 75.3 Å². The van der Waals surface area contributed by atoms with E-state index in [1.54, 1.807) is 24.3 Å². The van der Waals surface area contributed by atoms with E-state index in [-0.39, 0.29) is 10.8 Å². The smallest absolute Gasteiger partial charge is 0.261 e. The molecule has 2 N–H and O–H groups in total. The van der Waals surface area contributed by atoms with Crippen molar-refractivity contribution in [1.82, 2.24) is 5.32 Å². The number of carbonyl (C=O) groups excluding carboxylic acids is 1. The van der Waals surface area contributed by atoms with Crippen LogP contribution in [0.25, 0.3) is 0 Å². The molecule has 0 atom stereocenters. The van der Waals surface area contributed by atoms with Gasteiger partial charge in [0.2, 0.25) is 0 Å². The molecule has 6 heteroatoms. The van der Waals surface area contributed by atoms with E-state index in [9.17, 15) is 13.2 Å². The minimum absolute atomic E-state index is 0.0782. The second kappa shape index (κ2) is 9.92. The van der Waals surface area contributed by atoms with Gasteiger partial charge in [-0.25, -0.2) is 8.42 Å². The van der Waals surface area contributed by atoms with Crippen LogP contribution >= 0.6 is 0 Å². The highest BCUT2D eigenvalue weighted by Crippen LogP contribution is 2.25. The van der Waals surface area contributed by atoms with Crippen LogP contribution in [0.2, 0.25) is 0 Å². The first-order valence-corrected chi connectivity index (χ1v) is 11.9. The second-order valence-electron chi connectivity index (χ2n) is 7.90. The summed E-state index contributed by atoms with van der Waals surface area (Å²) in [5.74, 6) is 0.453. The van der Waals surface area contributed by atoms with Crippen molar-refractivity contribution in [1.29, 1.82) is 0 Å². The molecule has 1 fully saturated rings. The molecule has 0 spiro atoms. The lowest BCUT2D eigenvalue weighted by atomic mass is 9.97. The monoisotopic (exact) mass is 414 g/mol. The average molecular weight is 415 g/mol. The van der Waals surface area contributed by atoms with Crippen molar-refractivity contribution >= 4 is 21.6 Å². The Morgan fingerprint density at radius 1 is 1.00 bits per heavy atom. The number of amides is 1. The predicted molar refractivity (Wildman–Crippen MR) is 117 cm³/mol. The van der Waals surface area contributed by atoms with Gasteiger partial charge in [0.05, 0.1) is 4.90 Å². The van der Waals surface area contributed by atoms with Crippen molar-refractivity contribution in [2.24, 2.45) is 5.92 Å². The molecular weight excluding hydrogens is 384 g/mol. The van der Waals surface area contributed by atoms with E-state index >= 15 is 0 Å². The third-order valence-electron chi connectivity index (χ3n) is 5.52. The van der Waals surface area contributed by atoms with Crippen LogP contribution in [0.1, 0.15) is 60.9 Å². The molecule has 156 valence electrons. The molecule has 3 rings (SSSR count). The molecule has 1 aliphatic rings. The van der Waals surface area contributed by atoms with Gasteiger partial charge in [0, 0.05) is 17.8 Å². The zero-order valence-corrected chi connectivity index (χ0v) is 17.8. The first-order valence-electron chi connectivity index (χ1n) is 10.4. The van der Waals surface area contributed by atoms with Gasteiger partial charge < -0.3 is 5.32 Å². The van der Waals surface area contributed by atoms with Crippen LogP contribution in [0.3, 0.4) is 0 Å². The van der Waals surface area contributed by atoms with Gasteiger partial charge in [0.1, 0.15) is 0 Å². The number of nitrogens with one attached hydrogen (secondary N) is 2. The van der Waals surface area contributed by atoms with Crippen molar-refractivity contribution in [2.75, 3.05) is 11.3 Å². The van der Waals surface area contributed by atoms with E-state index in [1.165, 1.54) is 50.7 Å². The van der Waals surface area contributed by atoms with Crippen LogP contribution in [0, 0.1) is 12.8 Å². The van der Waals surface area contributed by atoms with Crippen molar-refractivity contribution < 1.29 is 13.2 Å². The summed E-state index contributed by atoms with van der Waals surface area (Å²) in [6, 6.07) is 13.3. The zero-order chi connectivity index (χ0) is 20.7. The molecule has 1 amide bonds. The maximum Gasteiger partial charge on any atom is 0.261 e. The number of sulfonamides is 1. The van der Waals surface area contributed by atoms with Gasteiger partial charge in [-0.1, -0.05) is 62.3 Å². The normalized spacial score (nSPS) is 15.5. The molecule has 0 radical (unpaired) electrons. The van der Waals surface area contributed by atoms with E-state index < -0.39 is 10.0 Å². The molecular formula is C23H30N2O3S. The second-order valence-corrected chi connectivity index (χ2v) is 9.58. The lowest BCUT2D eigenvalue weighted by Crippen LogP contribution is -2.26. The number of carbonyl (C=O) groups is 1. The highest BCUT2D eigenvalue weighted by molar-refractivity contribution is 7.92. The van der Waals surface area contributed by atoms with Crippen LogP contribution in [0.15, 0.2) is 53.4 Å². The third kappa shape index (κ3) is 6.32. The average Bonchev–Trinajstić information content (AvgIpc) is 2.98. The maximum absolute atomic E-state index is 12.7. The van der Waals surface area contributed by atoms with E-state index in [0.717, 1.165) is 12.0 Å². The lowest BCUT2D eigenvalue weighted by Gasteiger charge is -2.14. The van der Waals surface area contributed by atoms with E-state index in [0.29, 0.717) is 23.7 Å². The van der Waals surface area contributed by atoms with Gasteiger partial charge in [-0.15, -0.1) is 0 Å². The fourth-order valence-corrected chi connectivity index (χ4v) is 4.89. The molecule has 1 saturated carbocycles. The first-order chi connectivity index (χ1) is 13.9. The number of benzene rings is 2. The molecule has 0 bridgehead atoms. The molecule has 5 nitrogen and oxygen atoms in total. The Morgan fingerprint density at radius 3 is 2.38 bits per heavy atom. The van der Waals surface area contributed by atoms with Crippen LogP contribution < -0.4 is 10.0 Å². The number of aryl methyl sites for hydroxylation is 1. The number of hydrogen-bond donors (Lipinski definition) is 2. The lowest BCUT2D eigenvalue weighted by molar-refractivity contribution is 0.0950. The van der Waals surface area contributed by atoms with Crippen molar-refractivity contribution in [3.05, 3.63) is 59.7 Å². The van der Waals surface area contributed by atoms with Crippen LogP contribution in [-0.2, 0) is 10.0 Å². The maximum atomic E-state index is 12.7. The molecule has 0 aliphatic heterocycles. The predicted octanol–water partition coefficient (Wildman–Crippen LogP) is 4.89. The first kappa shape index (κ1) is 21.4. The summed E-state index contributed by atoms with van der Waals surface area (Å²) in [6.45, 7) is 2.57. The Kier molecular flexibility index (Phi) is 7.31. The number of hydrogen-bond acceptors (Lipinski definition) is 3. The van der Waals surface area contributed by atoms with E-state index in [1.807, 2.05) is 19.1 Å².